The molecule has 0 bridgehead atoms. The van der Waals surface area contributed by atoms with Gasteiger partial charge in [0.25, 0.3) is 0 Å². The summed E-state index contributed by atoms with van der Waals surface area (Å²) in [5, 5.41) is 3.10. The largest absolute Gasteiger partial charge is 0.353 e. The van der Waals surface area contributed by atoms with E-state index >= 15 is 0 Å². The third-order valence-electron chi connectivity index (χ3n) is 3.47. The molecule has 0 saturated heterocycles. The van der Waals surface area contributed by atoms with E-state index in [1.54, 1.807) is 0 Å². The molecule has 0 aromatic carbocycles. The van der Waals surface area contributed by atoms with E-state index in [9.17, 15) is 4.79 Å². The first kappa shape index (κ1) is 10.6. The second kappa shape index (κ2) is 3.69. The number of rotatable bonds is 3. The van der Waals surface area contributed by atoms with E-state index in [-0.39, 0.29) is 11.3 Å². The summed E-state index contributed by atoms with van der Waals surface area (Å²) >= 11 is 0. The molecule has 0 aromatic rings. The van der Waals surface area contributed by atoms with Gasteiger partial charge in [0, 0.05) is 11.5 Å². The van der Waals surface area contributed by atoms with Crippen molar-refractivity contribution in [3.63, 3.8) is 0 Å². The SMILES string of the molecule is CC(C)C(C)(C)C(=O)NC1CCC1. The van der Waals surface area contributed by atoms with Gasteiger partial charge in [-0.1, -0.05) is 27.7 Å². The van der Waals surface area contributed by atoms with Crippen molar-refractivity contribution in [1.82, 2.24) is 5.32 Å². The summed E-state index contributed by atoms with van der Waals surface area (Å²) in [6.45, 7) is 8.23. The van der Waals surface area contributed by atoms with Gasteiger partial charge in [0.15, 0.2) is 0 Å². The maximum Gasteiger partial charge on any atom is 0.226 e. The van der Waals surface area contributed by atoms with Crippen LogP contribution in [0.3, 0.4) is 0 Å². The second-order valence-electron chi connectivity index (χ2n) is 4.98. The first-order valence-corrected chi connectivity index (χ1v) is 5.25. The van der Waals surface area contributed by atoms with Gasteiger partial charge in [-0.25, -0.2) is 0 Å². The maximum absolute atomic E-state index is 11.8. The van der Waals surface area contributed by atoms with Gasteiger partial charge in [0.2, 0.25) is 5.91 Å². The Balaban J connectivity index is 2.45. The van der Waals surface area contributed by atoms with Crippen LogP contribution in [0.5, 0.6) is 0 Å². The van der Waals surface area contributed by atoms with Crippen LogP contribution in [0.1, 0.15) is 47.0 Å². The Morgan fingerprint density at radius 1 is 1.38 bits per heavy atom. The Hall–Kier alpha value is -0.530. The van der Waals surface area contributed by atoms with Crippen LogP contribution >= 0.6 is 0 Å². The number of hydrogen-bond acceptors (Lipinski definition) is 1. The summed E-state index contributed by atoms with van der Waals surface area (Å²) in [5.41, 5.74) is -0.227. The van der Waals surface area contributed by atoms with E-state index in [4.69, 9.17) is 0 Å². The molecule has 1 amide bonds. The molecule has 13 heavy (non-hydrogen) atoms. The normalized spacial score (nSPS) is 18.5. The van der Waals surface area contributed by atoms with Crippen molar-refractivity contribution < 1.29 is 4.79 Å². The Labute approximate surface area is 81.1 Å². The average molecular weight is 183 g/mol. The van der Waals surface area contributed by atoms with Crippen molar-refractivity contribution in [1.29, 1.82) is 0 Å². The zero-order chi connectivity index (χ0) is 10.1. The molecule has 1 N–H and O–H groups in total. The van der Waals surface area contributed by atoms with Gasteiger partial charge in [-0.2, -0.15) is 0 Å². The number of nitrogens with one attached hydrogen (secondary N) is 1. The Morgan fingerprint density at radius 2 is 1.92 bits per heavy atom. The van der Waals surface area contributed by atoms with E-state index in [2.05, 4.69) is 19.2 Å². The lowest BCUT2D eigenvalue weighted by atomic mass is 9.79. The maximum atomic E-state index is 11.8. The zero-order valence-electron chi connectivity index (χ0n) is 9.18. The summed E-state index contributed by atoms with van der Waals surface area (Å²) in [6.07, 6.45) is 3.60. The predicted molar refractivity (Wildman–Crippen MR) is 54.4 cm³/mol. The number of carbonyl (C=O) groups is 1. The lowest BCUT2D eigenvalue weighted by Gasteiger charge is -2.33. The molecule has 1 rings (SSSR count). The first-order chi connectivity index (χ1) is 5.94. The number of hydrogen-bond donors (Lipinski definition) is 1. The molecule has 0 aliphatic heterocycles. The monoisotopic (exact) mass is 183 g/mol. The van der Waals surface area contributed by atoms with Crippen LogP contribution < -0.4 is 5.32 Å². The fourth-order valence-corrected chi connectivity index (χ4v) is 1.19. The van der Waals surface area contributed by atoms with Gasteiger partial charge in [-0.05, 0) is 25.2 Å². The molecule has 0 unspecified atom stereocenters. The zero-order valence-corrected chi connectivity index (χ0v) is 9.18. The Morgan fingerprint density at radius 3 is 2.23 bits per heavy atom. The quantitative estimate of drug-likeness (QED) is 0.715. The molecule has 0 spiro atoms. The topological polar surface area (TPSA) is 29.1 Å². The molecule has 1 saturated carbocycles. The molecule has 0 radical (unpaired) electrons. The van der Waals surface area contributed by atoms with Gasteiger partial charge in [-0.15, -0.1) is 0 Å². The van der Waals surface area contributed by atoms with Crippen LogP contribution in [0.4, 0.5) is 0 Å². The summed E-state index contributed by atoms with van der Waals surface area (Å²) in [4.78, 5) is 11.8. The van der Waals surface area contributed by atoms with Gasteiger partial charge in [0.1, 0.15) is 0 Å². The molecule has 0 heterocycles. The minimum atomic E-state index is -0.227. The van der Waals surface area contributed by atoms with Crippen LogP contribution in [-0.4, -0.2) is 11.9 Å². The minimum Gasteiger partial charge on any atom is -0.353 e. The minimum absolute atomic E-state index is 0.215. The van der Waals surface area contributed by atoms with Crippen molar-refractivity contribution in [3.8, 4) is 0 Å². The average Bonchev–Trinajstić information content (AvgIpc) is 1.95. The van der Waals surface area contributed by atoms with Crippen LogP contribution in [0, 0.1) is 11.3 Å². The fourth-order valence-electron chi connectivity index (χ4n) is 1.19. The van der Waals surface area contributed by atoms with Crippen molar-refractivity contribution in [2.24, 2.45) is 11.3 Å². The van der Waals surface area contributed by atoms with E-state index in [0.717, 1.165) is 0 Å². The lowest BCUT2D eigenvalue weighted by molar-refractivity contribution is -0.132. The third kappa shape index (κ3) is 2.23. The number of carbonyl (C=O) groups excluding carboxylic acids is 1. The molecule has 2 heteroatoms. The van der Waals surface area contributed by atoms with E-state index in [1.165, 1.54) is 19.3 Å². The molecule has 1 fully saturated rings. The highest BCUT2D eigenvalue weighted by Gasteiger charge is 2.33. The van der Waals surface area contributed by atoms with E-state index < -0.39 is 0 Å². The molecule has 0 aromatic heterocycles. The summed E-state index contributed by atoms with van der Waals surface area (Å²) < 4.78 is 0. The standard InChI is InChI=1S/C11H21NO/c1-8(2)11(3,4)10(13)12-9-6-5-7-9/h8-9H,5-7H2,1-4H3,(H,12,13). The predicted octanol–water partition coefficient (Wildman–Crippen LogP) is 2.34. The first-order valence-electron chi connectivity index (χ1n) is 5.25. The summed E-state index contributed by atoms with van der Waals surface area (Å²) in [5.74, 6) is 0.611. The fraction of sp³-hybridized carbons (Fsp3) is 0.909. The second-order valence-corrected chi connectivity index (χ2v) is 4.98. The van der Waals surface area contributed by atoms with Crippen LogP contribution in [-0.2, 0) is 4.79 Å². The van der Waals surface area contributed by atoms with E-state index in [1.807, 2.05) is 13.8 Å². The van der Waals surface area contributed by atoms with Gasteiger partial charge >= 0.3 is 0 Å². The van der Waals surface area contributed by atoms with Crippen molar-refractivity contribution >= 4 is 5.91 Å². The molecule has 2 nitrogen and oxygen atoms in total. The highest BCUT2D eigenvalue weighted by atomic mass is 16.2. The van der Waals surface area contributed by atoms with Crippen LogP contribution in [0.2, 0.25) is 0 Å². The smallest absolute Gasteiger partial charge is 0.226 e. The highest BCUT2D eigenvalue weighted by Crippen LogP contribution is 2.28. The lowest BCUT2D eigenvalue weighted by Crippen LogP contribution is -2.47. The Kier molecular flexibility index (Phi) is 2.99. The Bertz CT molecular complexity index is 192. The van der Waals surface area contributed by atoms with Gasteiger partial charge < -0.3 is 5.32 Å². The van der Waals surface area contributed by atoms with Crippen LogP contribution in [0.15, 0.2) is 0 Å². The molecule has 1 aliphatic carbocycles. The van der Waals surface area contributed by atoms with Crippen molar-refractivity contribution in [3.05, 3.63) is 0 Å². The molecular formula is C11H21NO. The third-order valence-corrected chi connectivity index (χ3v) is 3.47. The molecule has 76 valence electrons. The molecule has 0 atom stereocenters. The van der Waals surface area contributed by atoms with Gasteiger partial charge in [0.05, 0.1) is 0 Å². The van der Waals surface area contributed by atoms with Crippen LogP contribution in [0.25, 0.3) is 0 Å². The van der Waals surface area contributed by atoms with Crippen molar-refractivity contribution in [2.75, 3.05) is 0 Å². The van der Waals surface area contributed by atoms with Gasteiger partial charge in [-0.3, -0.25) is 4.79 Å². The highest BCUT2D eigenvalue weighted by molar-refractivity contribution is 5.82. The summed E-state index contributed by atoms with van der Waals surface area (Å²) in [6, 6.07) is 0.463. The number of amides is 1. The van der Waals surface area contributed by atoms with E-state index in [0.29, 0.717) is 12.0 Å². The molecule has 1 aliphatic rings. The molecular weight excluding hydrogens is 162 g/mol. The van der Waals surface area contributed by atoms with Crippen molar-refractivity contribution in [2.45, 2.75) is 53.0 Å². The summed E-state index contributed by atoms with van der Waals surface area (Å²) in [7, 11) is 0.